The third-order valence-corrected chi connectivity index (χ3v) is 9.42. The molecule has 3 aromatic carbocycles. The zero-order valence-electron chi connectivity index (χ0n) is 22.9. The van der Waals surface area contributed by atoms with Crippen molar-refractivity contribution in [1.29, 1.82) is 0 Å². The molecular weight excluding hydrogens is 510 g/mol. The standard InChI is InChI=1S/C33H34F2N2O3/c1-33-14-13-26-25-8-6-24(38)16-21(25)4-7-27(26)28(33)9-12-32(33)37-36-18-20-3-10-30(39-2)22(15-20)19-40-31-11-5-23(34)17-29(31)35/h3,5-6,8,10-11,15-18,26-28,38H,4,7,9,12-14,19H2,1-2H3/b36-18-,37-32-/t26-,27+,28-,33-/m0/s1. The van der Waals surface area contributed by atoms with Crippen LogP contribution in [0.1, 0.15) is 67.2 Å². The van der Waals surface area contributed by atoms with Gasteiger partial charge in [0.05, 0.1) is 13.3 Å². The fourth-order valence-electron chi connectivity index (χ4n) is 7.43. The molecule has 0 aliphatic heterocycles. The van der Waals surface area contributed by atoms with Gasteiger partial charge in [0.1, 0.15) is 23.9 Å². The number of methoxy groups -OCH3 is 1. The Labute approximate surface area is 233 Å². The topological polar surface area (TPSA) is 63.4 Å². The quantitative estimate of drug-likeness (QED) is 0.257. The van der Waals surface area contributed by atoms with Crippen LogP contribution < -0.4 is 9.47 Å². The Bertz CT molecular complexity index is 1490. The van der Waals surface area contributed by atoms with E-state index in [2.05, 4.69) is 18.1 Å². The van der Waals surface area contributed by atoms with E-state index in [4.69, 9.17) is 14.6 Å². The Morgan fingerprint density at radius 2 is 1.85 bits per heavy atom. The number of rotatable bonds is 6. The highest BCUT2D eigenvalue weighted by Gasteiger charge is 2.53. The van der Waals surface area contributed by atoms with Gasteiger partial charge in [0.25, 0.3) is 0 Å². The molecule has 3 aliphatic rings. The van der Waals surface area contributed by atoms with Crippen LogP contribution in [-0.2, 0) is 13.0 Å². The lowest BCUT2D eigenvalue weighted by Gasteiger charge is -2.49. The second kappa shape index (κ2) is 10.7. The third-order valence-electron chi connectivity index (χ3n) is 9.42. The molecule has 6 rings (SSSR count). The molecule has 0 bridgehead atoms. The molecule has 4 atom stereocenters. The van der Waals surface area contributed by atoms with Gasteiger partial charge < -0.3 is 14.6 Å². The zero-order valence-corrected chi connectivity index (χ0v) is 22.9. The van der Waals surface area contributed by atoms with Crippen molar-refractivity contribution in [2.45, 2.75) is 58.0 Å². The van der Waals surface area contributed by atoms with E-state index in [0.29, 0.717) is 29.3 Å². The molecule has 0 heterocycles. The van der Waals surface area contributed by atoms with Gasteiger partial charge in [-0.15, -0.1) is 0 Å². The first kappa shape index (κ1) is 26.5. The van der Waals surface area contributed by atoms with Crippen LogP contribution >= 0.6 is 0 Å². The van der Waals surface area contributed by atoms with E-state index >= 15 is 0 Å². The molecule has 3 aromatic rings. The summed E-state index contributed by atoms with van der Waals surface area (Å²) in [4.78, 5) is 0. The molecule has 1 N–H and O–H groups in total. The molecule has 5 nitrogen and oxygen atoms in total. The Morgan fingerprint density at radius 1 is 1.00 bits per heavy atom. The molecule has 208 valence electrons. The normalized spacial score (nSPS) is 26.4. The van der Waals surface area contributed by atoms with Crippen LogP contribution in [0, 0.1) is 28.9 Å². The zero-order chi connectivity index (χ0) is 27.9. The molecule has 7 heteroatoms. The largest absolute Gasteiger partial charge is 0.508 e. The van der Waals surface area contributed by atoms with Gasteiger partial charge in [0, 0.05) is 22.8 Å². The van der Waals surface area contributed by atoms with E-state index in [1.165, 1.54) is 22.9 Å². The Hall–Kier alpha value is -3.74. The fourth-order valence-corrected chi connectivity index (χ4v) is 7.43. The summed E-state index contributed by atoms with van der Waals surface area (Å²) in [5.41, 5.74) is 5.55. The smallest absolute Gasteiger partial charge is 0.167 e. The lowest BCUT2D eigenvalue weighted by atomic mass is 9.55. The van der Waals surface area contributed by atoms with E-state index < -0.39 is 11.6 Å². The summed E-state index contributed by atoms with van der Waals surface area (Å²) in [7, 11) is 1.57. The SMILES string of the molecule is COc1ccc(/C=N\N=C2\CC[C@H]3[C@@H]4CCc5cc(O)ccc5[C@@H]4CC[C@]23C)cc1COc1ccc(F)cc1F. The first-order valence-electron chi connectivity index (χ1n) is 14.0. The lowest BCUT2D eigenvalue weighted by molar-refractivity contribution is 0.0955. The van der Waals surface area contributed by atoms with Crippen LogP contribution in [0.3, 0.4) is 0 Å². The minimum absolute atomic E-state index is 0.0210. The maximum atomic E-state index is 14.0. The Kier molecular flexibility index (Phi) is 7.07. The number of halogens is 2. The van der Waals surface area contributed by atoms with Gasteiger partial charge in [-0.05, 0) is 115 Å². The molecule has 2 saturated carbocycles. The molecule has 2 fully saturated rings. The molecule has 40 heavy (non-hydrogen) atoms. The van der Waals surface area contributed by atoms with Gasteiger partial charge in [-0.1, -0.05) is 13.0 Å². The van der Waals surface area contributed by atoms with Crippen molar-refractivity contribution >= 4 is 11.9 Å². The van der Waals surface area contributed by atoms with E-state index in [9.17, 15) is 13.9 Å². The highest BCUT2D eigenvalue weighted by atomic mass is 19.1. The Morgan fingerprint density at radius 3 is 2.67 bits per heavy atom. The van der Waals surface area contributed by atoms with Crippen molar-refractivity contribution in [2.24, 2.45) is 27.5 Å². The first-order valence-corrected chi connectivity index (χ1v) is 14.0. The average Bonchev–Trinajstić information content (AvgIpc) is 3.28. The van der Waals surface area contributed by atoms with Crippen LogP contribution in [0.5, 0.6) is 17.2 Å². The van der Waals surface area contributed by atoms with Crippen LogP contribution in [0.2, 0.25) is 0 Å². The summed E-state index contributed by atoms with van der Waals surface area (Å²) in [5.74, 6) is 1.36. The number of hydrogen-bond donors (Lipinski definition) is 1. The summed E-state index contributed by atoms with van der Waals surface area (Å²) in [6.07, 6.45) is 8.26. The fraction of sp³-hybridized carbons (Fsp3) is 0.394. The summed E-state index contributed by atoms with van der Waals surface area (Å²) in [6, 6.07) is 14.8. The second-order valence-corrected chi connectivity index (χ2v) is 11.5. The van der Waals surface area contributed by atoms with Gasteiger partial charge in [-0.2, -0.15) is 10.2 Å². The molecule has 3 aliphatic carbocycles. The maximum Gasteiger partial charge on any atom is 0.167 e. The molecule has 0 aromatic heterocycles. The average molecular weight is 545 g/mol. The molecule has 0 unspecified atom stereocenters. The van der Waals surface area contributed by atoms with Gasteiger partial charge in [0.2, 0.25) is 0 Å². The van der Waals surface area contributed by atoms with Crippen molar-refractivity contribution in [3.8, 4) is 17.2 Å². The number of aromatic hydroxyl groups is 1. The van der Waals surface area contributed by atoms with Crippen LogP contribution in [-0.4, -0.2) is 24.1 Å². The van der Waals surface area contributed by atoms with Gasteiger partial charge in [-0.25, -0.2) is 8.78 Å². The molecule has 0 saturated heterocycles. The van der Waals surface area contributed by atoms with Crippen molar-refractivity contribution in [3.05, 3.63) is 88.5 Å². The van der Waals surface area contributed by atoms with Crippen LogP contribution in [0.15, 0.2) is 64.8 Å². The molecule has 0 amide bonds. The van der Waals surface area contributed by atoms with Crippen LogP contribution in [0.25, 0.3) is 0 Å². The minimum Gasteiger partial charge on any atom is -0.508 e. The van der Waals surface area contributed by atoms with E-state index in [1.54, 1.807) is 13.3 Å². The van der Waals surface area contributed by atoms with E-state index in [0.717, 1.165) is 61.8 Å². The molecule has 0 radical (unpaired) electrons. The number of fused-ring (bicyclic) bond motifs is 5. The van der Waals surface area contributed by atoms with Crippen molar-refractivity contribution in [1.82, 2.24) is 0 Å². The number of ether oxygens (including phenoxy) is 2. The number of hydrogen-bond acceptors (Lipinski definition) is 5. The van der Waals surface area contributed by atoms with E-state index in [-0.39, 0.29) is 17.8 Å². The number of phenols is 1. The summed E-state index contributed by atoms with van der Waals surface area (Å²) in [6.45, 7) is 2.44. The van der Waals surface area contributed by atoms with Crippen LogP contribution in [0.4, 0.5) is 8.78 Å². The predicted octanol–water partition coefficient (Wildman–Crippen LogP) is 7.59. The summed E-state index contributed by atoms with van der Waals surface area (Å²) < 4.78 is 38.3. The van der Waals surface area contributed by atoms with Crippen molar-refractivity contribution in [3.63, 3.8) is 0 Å². The Balaban J connectivity index is 1.17. The summed E-state index contributed by atoms with van der Waals surface area (Å²) >= 11 is 0. The van der Waals surface area contributed by atoms with Gasteiger partial charge >= 0.3 is 0 Å². The number of benzene rings is 3. The highest BCUT2D eigenvalue weighted by molar-refractivity contribution is 5.93. The molecule has 0 spiro atoms. The first-order chi connectivity index (χ1) is 19.4. The number of aryl methyl sites for hydroxylation is 1. The minimum atomic E-state index is -0.748. The number of phenolic OH excluding ortho intramolecular Hbond substituents is 1. The van der Waals surface area contributed by atoms with E-state index in [1.807, 2.05) is 30.3 Å². The highest BCUT2D eigenvalue weighted by Crippen LogP contribution is 2.60. The third kappa shape index (κ3) is 4.87. The van der Waals surface area contributed by atoms with Gasteiger partial charge in [-0.3, -0.25) is 0 Å². The van der Waals surface area contributed by atoms with Gasteiger partial charge in [0.15, 0.2) is 11.6 Å². The second-order valence-electron chi connectivity index (χ2n) is 11.5. The summed E-state index contributed by atoms with van der Waals surface area (Å²) in [5, 5.41) is 19.2. The lowest BCUT2D eigenvalue weighted by Crippen LogP contribution is -2.42. The monoisotopic (exact) mass is 544 g/mol. The molecular formula is C33H34F2N2O3. The number of nitrogens with zero attached hydrogens (tertiary/aromatic N) is 2. The maximum absolute atomic E-state index is 14.0. The van der Waals surface area contributed by atoms with Crippen molar-refractivity contribution < 1.29 is 23.4 Å². The predicted molar refractivity (Wildman–Crippen MR) is 151 cm³/mol. The van der Waals surface area contributed by atoms with Crippen molar-refractivity contribution in [2.75, 3.05) is 7.11 Å².